The van der Waals surface area contributed by atoms with Crippen molar-refractivity contribution in [2.45, 2.75) is 6.92 Å². The number of nitrogens with zero attached hydrogens (tertiary/aromatic N) is 1. The standard InChI is InChI=1S/C10H6Cl3NS/c1-5-4-14-10(15-5)6-2-3-7(11)9(13)8(6)12/h2-4H,1H3. The van der Waals surface area contributed by atoms with Crippen LogP contribution in [0.3, 0.4) is 0 Å². The van der Waals surface area contributed by atoms with Crippen LogP contribution in [-0.4, -0.2) is 4.98 Å². The van der Waals surface area contributed by atoms with Gasteiger partial charge in [0.05, 0.1) is 15.1 Å². The molecule has 0 atom stereocenters. The van der Waals surface area contributed by atoms with E-state index in [1.807, 2.05) is 13.0 Å². The van der Waals surface area contributed by atoms with Gasteiger partial charge >= 0.3 is 0 Å². The molecule has 0 aliphatic heterocycles. The molecule has 0 unspecified atom stereocenters. The highest BCUT2D eigenvalue weighted by Crippen LogP contribution is 2.39. The van der Waals surface area contributed by atoms with Gasteiger partial charge in [-0.05, 0) is 19.1 Å². The van der Waals surface area contributed by atoms with Crippen LogP contribution in [0.1, 0.15) is 4.88 Å². The van der Waals surface area contributed by atoms with Gasteiger partial charge in [0.25, 0.3) is 0 Å². The quantitative estimate of drug-likeness (QED) is 0.663. The van der Waals surface area contributed by atoms with Crippen LogP contribution in [0.4, 0.5) is 0 Å². The number of aryl methyl sites for hydroxylation is 1. The molecule has 1 nitrogen and oxygen atoms in total. The van der Waals surface area contributed by atoms with E-state index in [1.165, 1.54) is 0 Å². The summed E-state index contributed by atoms with van der Waals surface area (Å²) < 4.78 is 0. The third-order valence-electron chi connectivity index (χ3n) is 1.89. The van der Waals surface area contributed by atoms with Gasteiger partial charge in [-0.15, -0.1) is 11.3 Å². The van der Waals surface area contributed by atoms with Crippen LogP contribution in [0, 0.1) is 6.92 Å². The number of aromatic nitrogens is 1. The molecular formula is C10H6Cl3NS. The minimum atomic E-state index is 0.378. The fraction of sp³-hybridized carbons (Fsp3) is 0.100. The van der Waals surface area contributed by atoms with Gasteiger partial charge in [0.15, 0.2) is 0 Å². The van der Waals surface area contributed by atoms with E-state index in [4.69, 9.17) is 34.8 Å². The van der Waals surface area contributed by atoms with Crippen LogP contribution in [0.15, 0.2) is 18.3 Å². The molecule has 0 saturated carbocycles. The Labute approximate surface area is 107 Å². The lowest BCUT2D eigenvalue weighted by Gasteiger charge is -2.03. The first-order valence-electron chi connectivity index (χ1n) is 4.16. The zero-order chi connectivity index (χ0) is 11.0. The van der Waals surface area contributed by atoms with Crippen molar-refractivity contribution in [3.05, 3.63) is 38.3 Å². The van der Waals surface area contributed by atoms with Gasteiger partial charge in [0, 0.05) is 16.6 Å². The molecule has 0 amide bonds. The van der Waals surface area contributed by atoms with Crippen molar-refractivity contribution in [2.24, 2.45) is 0 Å². The van der Waals surface area contributed by atoms with Crippen molar-refractivity contribution in [1.82, 2.24) is 4.98 Å². The van der Waals surface area contributed by atoms with E-state index < -0.39 is 0 Å². The molecule has 78 valence electrons. The van der Waals surface area contributed by atoms with Crippen molar-refractivity contribution in [3.63, 3.8) is 0 Å². The van der Waals surface area contributed by atoms with Crippen LogP contribution in [0.5, 0.6) is 0 Å². The number of hydrogen-bond donors (Lipinski definition) is 0. The SMILES string of the molecule is Cc1cnc(-c2ccc(Cl)c(Cl)c2Cl)s1. The van der Waals surface area contributed by atoms with E-state index in [1.54, 1.807) is 23.6 Å². The molecule has 1 heterocycles. The first-order valence-corrected chi connectivity index (χ1v) is 6.11. The lowest BCUT2D eigenvalue weighted by molar-refractivity contribution is 1.38. The number of rotatable bonds is 1. The van der Waals surface area contributed by atoms with Gasteiger partial charge in [-0.3, -0.25) is 0 Å². The Morgan fingerprint density at radius 2 is 1.87 bits per heavy atom. The Morgan fingerprint density at radius 1 is 1.13 bits per heavy atom. The third-order valence-corrected chi connectivity index (χ3v) is 4.13. The maximum atomic E-state index is 6.09. The van der Waals surface area contributed by atoms with Crippen LogP contribution in [0.2, 0.25) is 15.1 Å². The summed E-state index contributed by atoms with van der Waals surface area (Å²) in [6.45, 7) is 1.99. The highest BCUT2D eigenvalue weighted by atomic mass is 35.5. The fourth-order valence-electron chi connectivity index (χ4n) is 1.17. The number of benzene rings is 1. The first kappa shape index (κ1) is 11.2. The highest BCUT2D eigenvalue weighted by Gasteiger charge is 2.12. The molecule has 0 bridgehead atoms. The first-order chi connectivity index (χ1) is 7.09. The molecule has 2 rings (SSSR count). The normalized spacial score (nSPS) is 10.7. The summed E-state index contributed by atoms with van der Waals surface area (Å²) in [5, 5.41) is 2.15. The summed E-state index contributed by atoms with van der Waals surface area (Å²) in [5.74, 6) is 0. The van der Waals surface area contributed by atoms with Crippen LogP contribution < -0.4 is 0 Å². The largest absolute Gasteiger partial charge is 0.244 e. The Balaban J connectivity index is 2.59. The lowest BCUT2D eigenvalue weighted by atomic mass is 10.2. The number of hydrogen-bond acceptors (Lipinski definition) is 2. The van der Waals surface area contributed by atoms with E-state index in [0.29, 0.717) is 15.1 Å². The van der Waals surface area contributed by atoms with E-state index in [9.17, 15) is 0 Å². The van der Waals surface area contributed by atoms with Crippen LogP contribution >= 0.6 is 46.1 Å². The summed E-state index contributed by atoms with van der Waals surface area (Å²) in [6, 6.07) is 3.55. The van der Waals surface area contributed by atoms with Crippen molar-refractivity contribution in [3.8, 4) is 10.6 Å². The topological polar surface area (TPSA) is 12.9 Å². The molecule has 0 aliphatic carbocycles. The average Bonchev–Trinajstić information content (AvgIpc) is 2.61. The van der Waals surface area contributed by atoms with Crippen molar-refractivity contribution in [2.75, 3.05) is 0 Å². The second-order valence-corrected chi connectivity index (χ2v) is 5.40. The summed E-state index contributed by atoms with van der Waals surface area (Å²) in [7, 11) is 0. The molecule has 0 fully saturated rings. The Hall–Kier alpha value is -0.280. The summed E-state index contributed by atoms with van der Waals surface area (Å²) in [4.78, 5) is 5.38. The lowest BCUT2D eigenvalue weighted by Crippen LogP contribution is -1.80. The number of thiazole rings is 1. The summed E-state index contributed by atoms with van der Waals surface area (Å²) in [6.07, 6.45) is 1.80. The maximum Gasteiger partial charge on any atom is 0.125 e. The van der Waals surface area contributed by atoms with E-state index in [2.05, 4.69) is 4.98 Å². The molecule has 1 aromatic carbocycles. The van der Waals surface area contributed by atoms with Crippen LogP contribution in [0.25, 0.3) is 10.6 Å². The maximum absolute atomic E-state index is 6.09. The fourth-order valence-corrected chi connectivity index (χ4v) is 2.65. The third kappa shape index (κ3) is 2.13. The molecule has 0 radical (unpaired) electrons. The minimum absolute atomic E-state index is 0.378. The monoisotopic (exact) mass is 277 g/mol. The molecule has 0 N–H and O–H groups in total. The second-order valence-electron chi connectivity index (χ2n) is 3.00. The average molecular weight is 279 g/mol. The van der Waals surface area contributed by atoms with Crippen molar-refractivity contribution < 1.29 is 0 Å². The van der Waals surface area contributed by atoms with Gasteiger partial charge in [0.1, 0.15) is 5.01 Å². The van der Waals surface area contributed by atoms with Gasteiger partial charge < -0.3 is 0 Å². The smallest absolute Gasteiger partial charge is 0.125 e. The molecule has 5 heteroatoms. The molecule has 15 heavy (non-hydrogen) atoms. The van der Waals surface area contributed by atoms with Crippen molar-refractivity contribution >= 4 is 46.1 Å². The Kier molecular flexibility index (Phi) is 3.21. The molecule has 2 aromatic rings. The highest BCUT2D eigenvalue weighted by molar-refractivity contribution is 7.15. The van der Waals surface area contributed by atoms with Gasteiger partial charge in [-0.2, -0.15) is 0 Å². The molecule has 0 spiro atoms. The molecule has 0 saturated heterocycles. The van der Waals surface area contributed by atoms with Gasteiger partial charge in [-0.25, -0.2) is 4.98 Å². The Morgan fingerprint density at radius 3 is 2.47 bits per heavy atom. The molecular weight excluding hydrogens is 273 g/mol. The van der Waals surface area contributed by atoms with E-state index in [0.717, 1.165) is 15.4 Å². The zero-order valence-corrected chi connectivity index (χ0v) is 10.8. The summed E-state index contributed by atoms with van der Waals surface area (Å²) in [5.41, 5.74) is 0.823. The van der Waals surface area contributed by atoms with E-state index in [-0.39, 0.29) is 0 Å². The van der Waals surface area contributed by atoms with Crippen LogP contribution in [-0.2, 0) is 0 Å². The molecule has 0 aliphatic rings. The van der Waals surface area contributed by atoms with Crippen molar-refractivity contribution in [1.29, 1.82) is 0 Å². The summed E-state index contributed by atoms with van der Waals surface area (Å²) >= 11 is 19.5. The predicted molar refractivity (Wildman–Crippen MR) is 67.3 cm³/mol. The van der Waals surface area contributed by atoms with E-state index >= 15 is 0 Å². The molecule has 1 aromatic heterocycles. The second kappa shape index (κ2) is 4.30. The number of halogens is 3. The minimum Gasteiger partial charge on any atom is -0.244 e. The van der Waals surface area contributed by atoms with Gasteiger partial charge in [-0.1, -0.05) is 34.8 Å². The Bertz CT molecular complexity index is 507. The predicted octanol–water partition coefficient (Wildman–Crippen LogP) is 5.08. The zero-order valence-electron chi connectivity index (χ0n) is 7.72. The van der Waals surface area contributed by atoms with Gasteiger partial charge in [0.2, 0.25) is 0 Å².